The molecule has 0 aliphatic carbocycles. The van der Waals surface area contributed by atoms with Gasteiger partial charge in [-0.2, -0.15) is 0 Å². The first-order valence-electron chi connectivity index (χ1n) is 27.9. The van der Waals surface area contributed by atoms with Crippen molar-refractivity contribution >= 4 is 98.5 Å². The van der Waals surface area contributed by atoms with Crippen LogP contribution in [0.3, 0.4) is 0 Å². The summed E-state index contributed by atoms with van der Waals surface area (Å²) in [6.07, 6.45) is 13.0. The molecule has 9 aromatic heterocycles. The Labute approximate surface area is 470 Å². The summed E-state index contributed by atoms with van der Waals surface area (Å²) in [5, 5.41) is 13.6. The highest BCUT2D eigenvalue weighted by molar-refractivity contribution is 6.22. The lowest BCUT2D eigenvalue weighted by Crippen LogP contribution is -2.31. The van der Waals surface area contributed by atoms with Gasteiger partial charge in [0.1, 0.15) is 21.1 Å². The highest BCUT2D eigenvalue weighted by atomic mass is 16.3. The molecule has 0 radical (unpaired) electrons. The summed E-state index contributed by atoms with van der Waals surface area (Å²) < 4.78 is 25.5. The van der Waals surface area contributed by atoms with Crippen molar-refractivity contribution in [2.45, 2.75) is 60.8 Å². The molecule has 0 saturated heterocycles. The van der Waals surface area contributed by atoms with Crippen molar-refractivity contribution < 1.29 is 27.0 Å². The van der Waals surface area contributed by atoms with E-state index in [-0.39, 0.29) is 0 Å². The molecule has 6 aromatic carbocycles. The van der Waals surface area contributed by atoms with E-state index in [2.05, 4.69) is 244 Å². The Bertz CT molecular complexity index is 5000. The third kappa shape index (κ3) is 8.72. The lowest BCUT2D eigenvalue weighted by atomic mass is 9.96. The van der Waals surface area contributed by atoms with Crippen molar-refractivity contribution in [2.24, 2.45) is 21.1 Å². The monoisotopic (exact) mass is 1060 g/mol. The number of furan rings is 3. The fourth-order valence-corrected chi connectivity index (χ4v) is 11.8. The predicted molar refractivity (Wildman–Crippen MR) is 329 cm³/mol. The van der Waals surface area contributed by atoms with E-state index < -0.39 is 0 Å². The molecule has 9 nitrogen and oxygen atoms in total. The van der Waals surface area contributed by atoms with Gasteiger partial charge < -0.3 is 13.3 Å². The minimum Gasteiger partial charge on any atom is -0.437 e. The second-order valence-electron chi connectivity index (χ2n) is 22.0. The summed E-state index contributed by atoms with van der Waals surface area (Å²) in [6.45, 7) is 15.2. The van der Waals surface area contributed by atoms with Crippen molar-refractivity contribution in [1.82, 2.24) is 15.0 Å². The van der Waals surface area contributed by atoms with E-state index >= 15 is 0 Å². The second-order valence-corrected chi connectivity index (χ2v) is 22.0. The lowest BCUT2D eigenvalue weighted by Gasteiger charge is -2.09. The molecule has 9 heteroatoms. The van der Waals surface area contributed by atoms with Gasteiger partial charge >= 0.3 is 0 Å². The Hall–Kier alpha value is -9.60. The second kappa shape index (κ2) is 20.2. The van der Waals surface area contributed by atoms with E-state index in [4.69, 9.17) is 13.3 Å². The van der Waals surface area contributed by atoms with Crippen LogP contribution in [0, 0.1) is 27.7 Å². The minimum atomic E-state index is 0.473. The van der Waals surface area contributed by atoms with Gasteiger partial charge in [-0.05, 0) is 89.6 Å². The van der Waals surface area contributed by atoms with Gasteiger partial charge in [0.05, 0.1) is 32.8 Å². The Balaban J connectivity index is 0.000000114. The van der Waals surface area contributed by atoms with Crippen LogP contribution in [0.1, 0.15) is 60.1 Å². The molecular weight excluding hydrogens is 997 g/mol. The number of fused-ring (bicyclic) bond motifs is 15. The van der Waals surface area contributed by atoms with Crippen LogP contribution in [0.25, 0.3) is 132 Å². The lowest BCUT2D eigenvalue weighted by molar-refractivity contribution is -0.660. The molecule has 0 saturated carbocycles. The molecule has 81 heavy (non-hydrogen) atoms. The Kier molecular flexibility index (Phi) is 12.7. The molecule has 0 spiro atoms. The van der Waals surface area contributed by atoms with Crippen LogP contribution in [0.15, 0.2) is 196 Å². The van der Waals surface area contributed by atoms with Gasteiger partial charge in [-0.3, -0.25) is 0 Å². The van der Waals surface area contributed by atoms with Crippen LogP contribution in [0.2, 0.25) is 0 Å². The van der Waals surface area contributed by atoms with Gasteiger partial charge in [0.15, 0.2) is 35.3 Å². The quantitative estimate of drug-likeness (QED) is 0.160. The summed E-state index contributed by atoms with van der Waals surface area (Å²) in [5.74, 6) is 0.473. The number of aromatic nitrogens is 6. The van der Waals surface area contributed by atoms with E-state index in [1.54, 1.807) is 0 Å². The molecule has 0 amide bonds. The molecule has 0 unspecified atom stereocenters. The predicted octanol–water partition coefficient (Wildman–Crippen LogP) is 16.8. The number of hydrogen-bond donors (Lipinski definition) is 0. The smallest absolute Gasteiger partial charge is 0.227 e. The van der Waals surface area contributed by atoms with Gasteiger partial charge in [-0.25, -0.2) is 28.7 Å². The normalized spacial score (nSPS) is 11.7. The first-order valence-corrected chi connectivity index (χ1v) is 27.9. The largest absolute Gasteiger partial charge is 0.437 e. The third-order valence-electron chi connectivity index (χ3n) is 16.3. The maximum atomic E-state index is 6.36. The van der Waals surface area contributed by atoms with E-state index in [0.717, 1.165) is 99.7 Å². The summed E-state index contributed by atoms with van der Waals surface area (Å²) in [4.78, 5) is 13.8. The van der Waals surface area contributed by atoms with Gasteiger partial charge in [0, 0.05) is 87.3 Å². The SMILES string of the molecule is CCc1cc[n+](C)c(-c2c(C)ccc3c2oc2ncc4ccccc4c23)c1.Cc1cc[n+](C)c(-c2c(C)ccc3c2oc2ncc4ccccc4c23)c1.Cc1ccc2c(oc3ncc4ccccc4c32)c1-c1cc(C(C)C)cc[n+]1C. The van der Waals surface area contributed by atoms with Gasteiger partial charge in [0.2, 0.25) is 34.2 Å². The molecule has 0 bridgehead atoms. The first kappa shape index (κ1) is 50.9. The molecule has 9 heterocycles. The summed E-state index contributed by atoms with van der Waals surface area (Å²) >= 11 is 0. The highest BCUT2D eigenvalue weighted by Gasteiger charge is 2.26. The molecule has 15 aromatic rings. The van der Waals surface area contributed by atoms with E-state index in [1.807, 2.05) is 36.8 Å². The topological polar surface area (TPSA) is 89.7 Å². The molecule has 396 valence electrons. The van der Waals surface area contributed by atoms with E-state index in [0.29, 0.717) is 23.1 Å². The Morgan fingerprint density at radius 1 is 0.407 bits per heavy atom. The standard InChI is InChI=1S/C25H23N2O.C24H21N2O.C23H19N2O/c1-15(2)17-11-12-27(4)21(13-17)22-16(3)9-10-20-23-19-8-6-5-7-18(19)14-26-25(23)28-24(20)22;1-4-16-11-12-26(3)20(13-16)21-15(2)9-10-19-22-18-8-6-5-7-17(18)14-25-24(22)27-23(19)21;1-14-10-11-25(3)19(12-14)20-15(2)8-9-18-21-17-7-5-4-6-16(17)13-24-23(21)26-22(18)20/h5-15H,1-4H3;5-14H,4H2,1-3H3;4-13H,1-3H3/q3*+1. The number of aryl methyl sites for hydroxylation is 8. The van der Waals surface area contributed by atoms with Crippen LogP contribution in [-0.2, 0) is 27.6 Å². The van der Waals surface area contributed by atoms with Crippen molar-refractivity contribution in [3.63, 3.8) is 0 Å². The Morgan fingerprint density at radius 2 is 0.778 bits per heavy atom. The zero-order chi connectivity index (χ0) is 55.8. The molecule has 0 aliphatic heterocycles. The van der Waals surface area contributed by atoms with E-state index in [1.165, 1.54) is 55.2 Å². The fourth-order valence-electron chi connectivity index (χ4n) is 11.8. The fraction of sp³-hybridized carbons (Fsp3) is 0.167. The minimum absolute atomic E-state index is 0.473. The zero-order valence-electron chi connectivity index (χ0n) is 47.5. The maximum Gasteiger partial charge on any atom is 0.227 e. The van der Waals surface area contributed by atoms with Crippen LogP contribution in [-0.4, -0.2) is 15.0 Å². The van der Waals surface area contributed by atoms with Crippen LogP contribution in [0.4, 0.5) is 0 Å². The Morgan fingerprint density at radius 3 is 1.19 bits per heavy atom. The van der Waals surface area contributed by atoms with Crippen LogP contribution < -0.4 is 13.7 Å². The van der Waals surface area contributed by atoms with Gasteiger partial charge in [0.25, 0.3) is 0 Å². The van der Waals surface area contributed by atoms with Crippen LogP contribution >= 0.6 is 0 Å². The molecule has 0 aliphatic rings. The van der Waals surface area contributed by atoms with Crippen molar-refractivity contribution in [2.75, 3.05) is 0 Å². The summed E-state index contributed by atoms with van der Waals surface area (Å²) in [5.41, 5.74) is 19.2. The van der Waals surface area contributed by atoms with Gasteiger partial charge in [-0.1, -0.05) is 130 Å². The van der Waals surface area contributed by atoms with E-state index in [9.17, 15) is 0 Å². The maximum absolute atomic E-state index is 6.36. The molecule has 0 atom stereocenters. The summed E-state index contributed by atoms with van der Waals surface area (Å²) in [7, 11) is 6.25. The first-order chi connectivity index (χ1) is 39.3. The number of hydrogen-bond acceptors (Lipinski definition) is 6. The molecule has 0 fully saturated rings. The highest BCUT2D eigenvalue weighted by Crippen LogP contribution is 2.42. The number of nitrogens with zero attached hydrogens (tertiary/aromatic N) is 6. The van der Waals surface area contributed by atoms with Crippen molar-refractivity contribution in [3.05, 3.63) is 216 Å². The average Bonchev–Trinajstić information content (AvgIpc) is 4.10. The van der Waals surface area contributed by atoms with Crippen LogP contribution in [0.5, 0.6) is 0 Å². The number of rotatable bonds is 5. The number of benzene rings is 6. The third-order valence-corrected chi connectivity index (χ3v) is 16.3. The van der Waals surface area contributed by atoms with Crippen molar-refractivity contribution in [3.8, 4) is 33.8 Å². The van der Waals surface area contributed by atoms with Crippen molar-refractivity contribution in [1.29, 1.82) is 0 Å². The number of pyridine rings is 6. The molecular formula is C72H63N6O3+3. The average molecular weight is 1060 g/mol. The molecule has 0 N–H and O–H groups in total. The zero-order valence-corrected chi connectivity index (χ0v) is 47.5. The van der Waals surface area contributed by atoms with Gasteiger partial charge in [-0.15, -0.1) is 0 Å². The molecule has 15 rings (SSSR count). The summed E-state index contributed by atoms with van der Waals surface area (Å²) in [6, 6.07) is 51.3.